The van der Waals surface area contributed by atoms with Gasteiger partial charge in [-0.2, -0.15) is 18.3 Å². The van der Waals surface area contributed by atoms with Crippen LogP contribution in [0.3, 0.4) is 0 Å². The molecule has 7 nitrogen and oxygen atoms in total. The summed E-state index contributed by atoms with van der Waals surface area (Å²) in [6.45, 7) is 3.68. The molecule has 0 bridgehead atoms. The fourth-order valence-electron chi connectivity index (χ4n) is 3.02. The number of anilines is 1. The lowest BCUT2D eigenvalue weighted by atomic mass is 10.0. The maximum atomic E-state index is 13.2. The number of hydrogen-bond donors (Lipinski definition) is 1. The van der Waals surface area contributed by atoms with Crippen molar-refractivity contribution in [2.75, 3.05) is 19.5 Å². The molecule has 31 heavy (non-hydrogen) atoms. The summed E-state index contributed by atoms with van der Waals surface area (Å²) in [6, 6.07) is 5.99. The molecule has 0 aliphatic rings. The van der Waals surface area contributed by atoms with Crippen molar-refractivity contribution < 1.29 is 27.4 Å². The van der Waals surface area contributed by atoms with Crippen LogP contribution in [0.5, 0.6) is 11.5 Å². The van der Waals surface area contributed by atoms with Gasteiger partial charge in [-0.15, -0.1) is 6.58 Å². The largest absolute Gasteiger partial charge is 0.493 e. The first-order valence-electron chi connectivity index (χ1n) is 9.02. The molecule has 3 aromatic rings. The van der Waals surface area contributed by atoms with Gasteiger partial charge in [-0.05, 0) is 36.8 Å². The van der Waals surface area contributed by atoms with Gasteiger partial charge in [-0.1, -0.05) is 6.08 Å². The van der Waals surface area contributed by atoms with Gasteiger partial charge < -0.3 is 14.8 Å². The summed E-state index contributed by atoms with van der Waals surface area (Å²) in [7, 11) is 2.89. The Bertz CT molecular complexity index is 1100. The van der Waals surface area contributed by atoms with Crippen LogP contribution < -0.4 is 14.8 Å². The Hall–Kier alpha value is -3.82. The molecule has 162 valence electrons. The summed E-state index contributed by atoms with van der Waals surface area (Å²) in [5.41, 5.74) is 0.0568. The normalized spacial score (nSPS) is 11.1. The average molecular weight is 432 g/mol. The highest BCUT2D eigenvalue weighted by atomic mass is 19.4. The SMILES string of the molecule is C=CCc1cc(C(=O)Nc2cc(C(F)(F)F)ccc2-n2cncn2)cc(OC)c1OC. The molecule has 0 spiro atoms. The third kappa shape index (κ3) is 4.68. The lowest BCUT2D eigenvalue weighted by Gasteiger charge is -2.16. The topological polar surface area (TPSA) is 78.3 Å². The van der Waals surface area contributed by atoms with E-state index in [1.54, 1.807) is 12.1 Å². The maximum Gasteiger partial charge on any atom is 0.416 e. The molecule has 0 fully saturated rings. The molecule has 0 unspecified atom stereocenters. The number of carbonyl (C=O) groups is 1. The van der Waals surface area contributed by atoms with Gasteiger partial charge >= 0.3 is 6.18 Å². The van der Waals surface area contributed by atoms with Gasteiger partial charge in [-0.25, -0.2) is 9.67 Å². The number of benzene rings is 2. The van der Waals surface area contributed by atoms with E-state index in [1.807, 2.05) is 0 Å². The first-order chi connectivity index (χ1) is 14.8. The predicted octanol–water partition coefficient (Wildman–Crippen LogP) is 4.28. The number of hydrogen-bond acceptors (Lipinski definition) is 5. The van der Waals surface area contributed by atoms with Crippen LogP contribution in [-0.2, 0) is 12.6 Å². The molecule has 1 heterocycles. The van der Waals surface area contributed by atoms with Crippen LogP contribution in [0, 0.1) is 0 Å². The molecule has 0 saturated heterocycles. The second kappa shape index (κ2) is 8.90. The standard InChI is InChI=1S/C21H19F3N4O3/c1-4-5-13-8-14(9-18(30-2)19(13)31-3)20(29)27-16-10-15(21(22,23)24)6-7-17(16)28-12-25-11-26-28/h4,6-12H,1,5H2,2-3H3,(H,27,29). The van der Waals surface area contributed by atoms with E-state index in [9.17, 15) is 18.0 Å². The zero-order chi connectivity index (χ0) is 22.6. The van der Waals surface area contributed by atoms with E-state index in [0.717, 1.165) is 12.1 Å². The Morgan fingerprint density at radius 2 is 2.00 bits per heavy atom. The smallest absolute Gasteiger partial charge is 0.416 e. The molecular formula is C21H19F3N4O3. The highest BCUT2D eigenvalue weighted by Gasteiger charge is 2.31. The Kier molecular flexibility index (Phi) is 6.28. The van der Waals surface area contributed by atoms with Crippen LogP contribution >= 0.6 is 0 Å². The summed E-state index contributed by atoms with van der Waals surface area (Å²) in [5, 5.41) is 6.47. The van der Waals surface area contributed by atoms with Crippen molar-refractivity contribution in [1.82, 2.24) is 14.8 Å². The number of nitrogens with zero attached hydrogens (tertiary/aromatic N) is 3. The van der Waals surface area contributed by atoms with Crippen molar-refractivity contribution >= 4 is 11.6 Å². The number of alkyl halides is 3. The van der Waals surface area contributed by atoms with Crippen molar-refractivity contribution in [3.05, 3.63) is 72.3 Å². The molecule has 0 atom stereocenters. The molecule has 0 aliphatic carbocycles. The van der Waals surface area contributed by atoms with Gasteiger partial charge in [0.05, 0.1) is 31.2 Å². The summed E-state index contributed by atoms with van der Waals surface area (Å²) in [6.07, 6.45) is -0.000126. The minimum atomic E-state index is -4.58. The number of amides is 1. The second-order valence-electron chi connectivity index (χ2n) is 6.39. The number of rotatable bonds is 7. The highest BCUT2D eigenvalue weighted by molar-refractivity contribution is 6.06. The van der Waals surface area contributed by atoms with Crippen molar-refractivity contribution in [1.29, 1.82) is 0 Å². The molecule has 0 saturated carbocycles. The minimum Gasteiger partial charge on any atom is -0.493 e. The van der Waals surface area contributed by atoms with E-state index in [0.29, 0.717) is 23.5 Å². The Morgan fingerprint density at radius 1 is 1.23 bits per heavy atom. The first-order valence-corrected chi connectivity index (χ1v) is 9.02. The van der Waals surface area contributed by atoms with Crippen molar-refractivity contribution in [3.63, 3.8) is 0 Å². The minimum absolute atomic E-state index is 0.0784. The highest BCUT2D eigenvalue weighted by Crippen LogP contribution is 2.35. The van der Waals surface area contributed by atoms with Gasteiger partial charge in [0.15, 0.2) is 11.5 Å². The number of carbonyl (C=O) groups excluding carboxylic acids is 1. The third-order valence-electron chi connectivity index (χ3n) is 4.42. The molecule has 0 aliphatic heterocycles. The van der Waals surface area contributed by atoms with Gasteiger partial charge in [-0.3, -0.25) is 4.79 Å². The van der Waals surface area contributed by atoms with Gasteiger partial charge in [0, 0.05) is 11.1 Å². The fraction of sp³-hybridized carbons (Fsp3) is 0.190. The number of halogens is 3. The van der Waals surface area contributed by atoms with Gasteiger partial charge in [0.25, 0.3) is 5.91 Å². The Balaban J connectivity index is 2.05. The van der Waals surface area contributed by atoms with Crippen LogP contribution in [0.1, 0.15) is 21.5 Å². The summed E-state index contributed by atoms with van der Waals surface area (Å²) >= 11 is 0. The molecule has 3 rings (SSSR count). The lowest BCUT2D eigenvalue weighted by Crippen LogP contribution is -2.16. The first kappa shape index (κ1) is 21.9. The van der Waals surface area contributed by atoms with Gasteiger partial charge in [0.2, 0.25) is 0 Å². The van der Waals surface area contributed by atoms with Crippen LogP contribution in [-0.4, -0.2) is 34.9 Å². The summed E-state index contributed by atoms with van der Waals surface area (Å²) in [5.74, 6) is 0.126. The third-order valence-corrected chi connectivity index (χ3v) is 4.42. The average Bonchev–Trinajstić information content (AvgIpc) is 3.27. The van der Waals surface area contributed by atoms with E-state index in [2.05, 4.69) is 22.0 Å². The van der Waals surface area contributed by atoms with E-state index < -0.39 is 17.6 Å². The Labute approximate surface area is 176 Å². The van der Waals surface area contributed by atoms with Gasteiger partial charge in [0.1, 0.15) is 12.7 Å². The van der Waals surface area contributed by atoms with Crippen molar-refractivity contribution in [2.45, 2.75) is 12.6 Å². The number of allylic oxidation sites excluding steroid dienone is 1. The zero-order valence-electron chi connectivity index (χ0n) is 16.7. The quantitative estimate of drug-likeness (QED) is 0.564. The molecule has 1 aromatic heterocycles. The van der Waals surface area contributed by atoms with Crippen LogP contribution in [0.25, 0.3) is 5.69 Å². The van der Waals surface area contributed by atoms with E-state index >= 15 is 0 Å². The number of methoxy groups -OCH3 is 2. The van der Waals surface area contributed by atoms with E-state index in [-0.39, 0.29) is 16.9 Å². The summed E-state index contributed by atoms with van der Waals surface area (Å²) < 4.78 is 51.6. The predicted molar refractivity (Wildman–Crippen MR) is 108 cm³/mol. The number of nitrogens with one attached hydrogen (secondary N) is 1. The monoisotopic (exact) mass is 432 g/mol. The van der Waals surface area contributed by atoms with Crippen LogP contribution in [0.4, 0.5) is 18.9 Å². The molecule has 0 radical (unpaired) electrons. The molecule has 2 aromatic carbocycles. The molecule has 1 N–H and O–H groups in total. The van der Waals surface area contributed by atoms with Crippen LogP contribution in [0.15, 0.2) is 55.6 Å². The summed E-state index contributed by atoms with van der Waals surface area (Å²) in [4.78, 5) is 16.8. The molecular weight excluding hydrogens is 413 g/mol. The van der Waals surface area contributed by atoms with E-state index in [1.165, 1.54) is 43.7 Å². The van der Waals surface area contributed by atoms with E-state index in [4.69, 9.17) is 9.47 Å². The maximum absolute atomic E-state index is 13.2. The second-order valence-corrected chi connectivity index (χ2v) is 6.39. The van der Waals surface area contributed by atoms with Crippen molar-refractivity contribution in [2.24, 2.45) is 0 Å². The van der Waals surface area contributed by atoms with Crippen molar-refractivity contribution in [3.8, 4) is 17.2 Å². The lowest BCUT2D eigenvalue weighted by molar-refractivity contribution is -0.137. The fourth-order valence-corrected chi connectivity index (χ4v) is 3.02. The molecule has 10 heteroatoms. The number of aromatic nitrogens is 3. The zero-order valence-corrected chi connectivity index (χ0v) is 16.7. The molecule has 1 amide bonds. The Morgan fingerprint density at radius 3 is 2.58 bits per heavy atom. The number of ether oxygens (including phenoxy) is 2. The van der Waals surface area contributed by atoms with Crippen LogP contribution in [0.2, 0.25) is 0 Å².